The molecule has 3 N–H and O–H groups in total. The second-order valence-corrected chi connectivity index (χ2v) is 12.2. The van der Waals surface area contributed by atoms with E-state index in [4.69, 9.17) is 4.74 Å². The number of hydrogen-bond acceptors (Lipinski definition) is 4. The molecule has 0 saturated carbocycles. The Balaban J connectivity index is 2.09. The molecule has 1 heterocycles. The lowest BCUT2D eigenvalue weighted by molar-refractivity contribution is -0.120. The van der Waals surface area contributed by atoms with Crippen LogP contribution in [0.5, 0.6) is 0 Å². The lowest BCUT2D eigenvalue weighted by Gasteiger charge is -2.42. The monoisotopic (exact) mass is 511 g/mol. The first-order valence-corrected chi connectivity index (χ1v) is 12.9. The Kier molecular flexibility index (Phi) is 7.82. The van der Waals surface area contributed by atoms with Crippen LogP contribution in [0.4, 0.5) is 10.5 Å². The zero-order valence-electron chi connectivity index (χ0n) is 23.3. The number of H-pyrrole nitrogens is 1. The lowest BCUT2D eigenvalue weighted by Crippen LogP contribution is -2.45. The van der Waals surface area contributed by atoms with E-state index in [9.17, 15) is 19.5 Å². The molecule has 1 aromatic carbocycles. The van der Waals surface area contributed by atoms with Crippen molar-refractivity contribution in [3.63, 3.8) is 0 Å². The molecule has 0 bridgehead atoms. The molecule has 1 unspecified atom stereocenters. The van der Waals surface area contributed by atoms with Crippen LogP contribution in [0.3, 0.4) is 0 Å². The number of carboxylic acids is 1. The van der Waals surface area contributed by atoms with Crippen molar-refractivity contribution in [3.05, 3.63) is 52.8 Å². The normalized spacial score (nSPS) is 16.9. The van der Waals surface area contributed by atoms with Crippen molar-refractivity contribution in [2.24, 2.45) is 0 Å². The van der Waals surface area contributed by atoms with Gasteiger partial charge in [0.2, 0.25) is 0 Å². The maximum atomic E-state index is 14.1. The maximum Gasteiger partial charge on any atom is 0.408 e. The van der Waals surface area contributed by atoms with E-state index in [2.05, 4.69) is 44.1 Å². The summed E-state index contributed by atoms with van der Waals surface area (Å²) in [5.74, 6) is -1.48. The number of aromatic amines is 1. The molecule has 202 valence electrons. The highest BCUT2D eigenvalue weighted by Crippen LogP contribution is 2.46. The summed E-state index contributed by atoms with van der Waals surface area (Å²) in [7, 11) is 0. The van der Waals surface area contributed by atoms with E-state index in [1.807, 2.05) is 19.1 Å². The number of nitrogens with one attached hydrogen (secondary N) is 2. The second kappa shape index (κ2) is 10.2. The second-order valence-electron chi connectivity index (χ2n) is 12.2. The first-order chi connectivity index (χ1) is 17.1. The fraction of sp³-hybridized carbons (Fsp3) is 0.552. The van der Waals surface area contributed by atoms with Gasteiger partial charge in [-0.2, -0.15) is 0 Å². The van der Waals surface area contributed by atoms with Crippen LogP contribution in [0.25, 0.3) is 0 Å². The molecule has 0 radical (unpaired) electrons. The molecule has 0 fully saturated rings. The predicted octanol–water partition coefficient (Wildman–Crippen LogP) is 6.07. The molecule has 2 amide bonds. The third-order valence-electron chi connectivity index (χ3n) is 7.04. The third kappa shape index (κ3) is 6.35. The van der Waals surface area contributed by atoms with Gasteiger partial charge in [-0.25, -0.2) is 9.59 Å². The molecule has 1 aliphatic carbocycles. The molecular weight excluding hydrogens is 470 g/mol. The average Bonchev–Trinajstić information content (AvgIpc) is 3.27. The van der Waals surface area contributed by atoms with E-state index in [1.54, 1.807) is 20.8 Å². The van der Waals surface area contributed by atoms with Crippen molar-refractivity contribution in [1.82, 2.24) is 10.3 Å². The molecule has 3 rings (SSSR count). The van der Waals surface area contributed by atoms with Gasteiger partial charge in [0.15, 0.2) is 0 Å². The minimum absolute atomic E-state index is 0.00802. The number of carbonyl (C=O) groups excluding carboxylic acids is 2. The Morgan fingerprint density at radius 1 is 1.08 bits per heavy atom. The van der Waals surface area contributed by atoms with Crippen LogP contribution >= 0.6 is 0 Å². The van der Waals surface area contributed by atoms with Gasteiger partial charge < -0.3 is 25.0 Å². The zero-order valence-corrected chi connectivity index (χ0v) is 23.3. The summed E-state index contributed by atoms with van der Waals surface area (Å²) in [6.07, 6.45) is 3.52. The summed E-state index contributed by atoms with van der Waals surface area (Å²) in [6, 6.07) is 6.44. The van der Waals surface area contributed by atoms with Crippen LogP contribution < -0.4 is 10.2 Å². The maximum absolute atomic E-state index is 14.1. The van der Waals surface area contributed by atoms with E-state index in [1.165, 1.54) is 28.3 Å². The van der Waals surface area contributed by atoms with Crippen molar-refractivity contribution in [2.45, 2.75) is 97.1 Å². The average molecular weight is 512 g/mol. The number of benzene rings is 1. The highest BCUT2D eigenvalue weighted by atomic mass is 16.6. The molecule has 0 saturated heterocycles. The molecule has 1 atom stereocenters. The molecule has 8 heteroatoms. The van der Waals surface area contributed by atoms with E-state index in [0.717, 1.165) is 12.8 Å². The van der Waals surface area contributed by atoms with Gasteiger partial charge in [0.25, 0.3) is 5.91 Å². The molecular formula is C29H41N3O5. The molecule has 0 aliphatic heterocycles. The highest BCUT2D eigenvalue weighted by Gasteiger charge is 2.38. The molecule has 2 aromatic rings. The Morgan fingerprint density at radius 3 is 2.24 bits per heavy atom. The predicted molar refractivity (Wildman–Crippen MR) is 144 cm³/mol. The highest BCUT2D eigenvalue weighted by molar-refractivity contribution is 6.00. The van der Waals surface area contributed by atoms with Gasteiger partial charge in [-0.15, -0.1) is 0 Å². The smallest absolute Gasteiger partial charge is 0.408 e. The number of hydrogen-bond donors (Lipinski definition) is 3. The summed E-state index contributed by atoms with van der Waals surface area (Å²) >= 11 is 0. The van der Waals surface area contributed by atoms with Gasteiger partial charge in [0, 0.05) is 12.7 Å². The van der Waals surface area contributed by atoms with Gasteiger partial charge in [0.1, 0.15) is 17.3 Å². The van der Waals surface area contributed by atoms with Crippen LogP contribution in [-0.2, 0) is 20.4 Å². The minimum atomic E-state index is -1.11. The molecule has 8 nitrogen and oxygen atoms in total. The fourth-order valence-corrected chi connectivity index (χ4v) is 4.91. The van der Waals surface area contributed by atoms with Crippen LogP contribution in [0.15, 0.2) is 30.5 Å². The van der Waals surface area contributed by atoms with Gasteiger partial charge >= 0.3 is 12.1 Å². The summed E-state index contributed by atoms with van der Waals surface area (Å²) in [5.41, 5.74) is 2.68. The Bertz CT molecular complexity index is 1170. The van der Waals surface area contributed by atoms with Crippen LogP contribution in [-0.4, -0.2) is 40.2 Å². The van der Waals surface area contributed by atoms with Gasteiger partial charge in [-0.1, -0.05) is 52.8 Å². The number of carbonyl (C=O) groups is 3. The Labute approximate surface area is 219 Å². The van der Waals surface area contributed by atoms with Crippen molar-refractivity contribution < 1.29 is 24.2 Å². The van der Waals surface area contributed by atoms with E-state index in [0.29, 0.717) is 24.2 Å². The van der Waals surface area contributed by atoms with E-state index >= 15 is 0 Å². The number of anilines is 1. The summed E-state index contributed by atoms with van der Waals surface area (Å²) in [5, 5.41) is 12.2. The first-order valence-electron chi connectivity index (χ1n) is 12.9. The molecule has 37 heavy (non-hydrogen) atoms. The van der Waals surface area contributed by atoms with Crippen molar-refractivity contribution in [3.8, 4) is 0 Å². The zero-order chi connectivity index (χ0) is 27.8. The number of rotatable bonds is 7. The Morgan fingerprint density at radius 2 is 1.70 bits per heavy atom. The number of aromatic carboxylic acids is 1. The van der Waals surface area contributed by atoms with Crippen LogP contribution in [0.2, 0.25) is 0 Å². The van der Waals surface area contributed by atoms with Crippen LogP contribution in [0, 0.1) is 0 Å². The number of nitrogens with zero attached hydrogens (tertiary/aromatic N) is 1. The Hall–Kier alpha value is -3.29. The van der Waals surface area contributed by atoms with Gasteiger partial charge in [0.05, 0.1) is 5.69 Å². The molecule has 1 aromatic heterocycles. The molecule has 0 spiro atoms. The standard InChI is InChI=1S/C29H41N3O5/c1-9-14-32(19-16-22(25(34)35)30-17-19)24(33)23(31-26(36)37-27(2,3)4)18-10-11-20-21(15-18)29(7,8)13-12-28(20,5)6/h10-11,15-17,23,30H,9,12-14H2,1-8H3,(H,31,36)(H,34,35). The number of carboxylic acid groups (broad SMARTS) is 1. The summed E-state index contributed by atoms with van der Waals surface area (Å²) < 4.78 is 5.50. The van der Waals surface area contributed by atoms with Gasteiger partial charge in [-0.05, 0) is 73.6 Å². The number of alkyl carbamates (subject to hydrolysis) is 1. The largest absolute Gasteiger partial charge is 0.477 e. The topological polar surface area (TPSA) is 112 Å². The lowest BCUT2D eigenvalue weighted by atomic mass is 9.63. The number of amides is 2. The van der Waals surface area contributed by atoms with Crippen molar-refractivity contribution in [1.29, 1.82) is 0 Å². The third-order valence-corrected chi connectivity index (χ3v) is 7.04. The number of ether oxygens (including phenoxy) is 1. The summed E-state index contributed by atoms with van der Waals surface area (Å²) in [4.78, 5) is 42.6. The quantitative estimate of drug-likeness (QED) is 0.418. The number of fused-ring (bicyclic) bond motifs is 1. The van der Waals surface area contributed by atoms with Crippen molar-refractivity contribution >= 4 is 23.7 Å². The van der Waals surface area contributed by atoms with E-state index < -0.39 is 23.7 Å². The van der Waals surface area contributed by atoms with Crippen molar-refractivity contribution in [2.75, 3.05) is 11.4 Å². The van der Waals surface area contributed by atoms with Crippen LogP contribution in [0.1, 0.15) is 108 Å². The van der Waals surface area contributed by atoms with Gasteiger partial charge in [-0.3, -0.25) is 4.79 Å². The SMILES string of the molecule is CCCN(C(=O)C(NC(=O)OC(C)(C)C)c1ccc2c(c1)C(C)(C)CCC2(C)C)c1c[nH]c(C(=O)O)c1. The number of aromatic nitrogens is 1. The fourth-order valence-electron chi connectivity index (χ4n) is 4.91. The first kappa shape index (κ1) is 28.3. The summed E-state index contributed by atoms with van der Waals surface area (Å²) in [6.45, 7) is 16.5. The van der Waals surface area contributed by atoms with E-state index in [-0.39, 0.29) is 22.4 Å². The minimum Gasteiger partial charge on any atom is -0.477 e. The molecule has 1 aliphatic rings.